The number of aryl methyl sites for hydroxylation is 1. The number of hydrogen-bond acceptors (Lipinski definition) is 4. The van der Waals surface area contributed by atoms with Crippen LogP contribution in [0.4, 0.5) is 10.6 Å². The van der Waals surface area contributed by atoms with Crippen molar-refractivity contribution < 1.29 is 9.90 Å². The first kappa shape index (κ1) is 15.0. The highest BCUT2D eigenvalue weighted by atomic mass is 16.3. The number of aliphatic hydroxyl groups is 1. The second-order valence-corrected chi connectivity index (χ2v) is 4.83. The summed E-state index contributed by atoms with van der Waals surface area (Å²) in [6, 6.07) is 6.75. The molecule has 0 aliphatic heterocycles. The van der Waals surface area contributed by atoms with Crippen LogP contribution >= 0.6 is 0 Å². The largest absolute Gasteiger partial charge is 0.394 e. The number of nitrogens with zero attached hydrogens (tertiary/aromatic N) is 3. The monoisotopic (exact) mass is 289 g/mol. The quantitative estimate of drug-likeness (QED) is 0.769. The fraction of sp³-hybridized carbons (Fsp3) is 0.357. The first-order valence-corrected chi connectivity index (χ1v) is 6.71. The van der Waals surface area contributed by atoms with Gasteiger partial charge in [-0.1, -0.05) is 6.07 Å². The van der Waals surface area contributed by atoms with Crippen LogP contribution in [-0.4, -0.2) is 38.6 Å². The lowest BCUT2D eigenvalue weighted by Crippen LogP contribution is -2.38. The molecule has 0 fully saturated rings. The van der Waals surface area contributed by atoms with Gasteiger partial charge >= 0.3 is 6.03 Å². The van der Waals surface area contributed by atoms with E-state index in [4.69, 9.17) is 5.11 Å². The molecular weight excluding hydrogens is 270 g/mol. The van der Waals surface area contributed by atoms with E-state index in [1.54, 1.807) is 23.9 Å². The summed E-state index contributed by atoms with van der Waals surface area (Å²) in [5, 5.41) is 18.6. The van der Waals surface area contributed by atoms with Gasteiger partial charge in [-0.3, -0.25) is 10.3 Å². The Bertz CT molecular complexity index is 597. The summed E-state index contributed by atoms with van der Waals surface area (Å²) in [6.07, 6.45) is 1.72. The minimum absolute atomic E-state index is 0.111. The lowest BCUT2D eigenvalue weighted by Gasteiger charge is -2.13. The first-order chi connectivity index (χ1) is 10.1. The van der Waals surface area contributed by atoms with Gasteiger partial charge in [-0.25, -0.2) is 9.48 Å². The van der Waals surface area contributed by atoms with E-state index >= 15 is 0 Å². The van der Waals surface area contributed by atoms with Gasteiger partial charge in [0, 0.05) is 12.3 Å². The zero-order valence-corrected chi connectivity index (χ0v) is 12.1. The van der Waals surface area contributed by atoms with E-state index in [1.165, 1.54) is 0 Å². The third-order valence-electron chi connectivity index (χ3n) is 2.83. The molecule has 7 nitrogen and oxygen atoms in total. The van der Waals surface area contributed by atoms with E-state index in [0.717, 1.165) is 11.4 Å². The average molecular weight is 289 g/mol. The molecule has 0 aromatic carbocycles. The van der Waals surface area contributed by atoms with Crippen molar-refractivity contribution in [3.8, 4) is 0 Å². The Balaban J connectivity index is 2.08. The normalized spacial score (nSPS) is 12.0. The van der Waals surface area contributed by atoms with Gasteiger partial charge in [0.25, 0.3) is 0 Å². The number of nitrogens with one attached hydrogen (secondary N) is 2. The Hall–Kier alpha value is -2.41. The molecule has 0 saturated heterocycles. The molecule has 0 aliphatic rings. The Morgan fingerprint density at radius 3 is 2.95 bits per heavy atom. The maximum absolute atomic E-state index is 11.8. The summed E-state index contributed by atoms with van der Waals surface area (Å²) in [7, 11) is 0. The fourth-order valence-electron chi connectivity index (χ4n) is 1.83. The van der Waals surface area contributed by atoms with Crippen LogP contribution in [0.15, 0.2) is 30.5 Å². The number of hydrogen-bond donors (Lipinski definition) is 3. The molecule has 2 aromatic heterocycles. The summed E-state index contributed by atoms with van der Waals surface area (Å²) in [5.74, 6) is 0.584. The van der Waals surface area contributed by atoms with Crippen LogP contribution in [-0.2, 0) is 6.54 Å². The number of amides is 2. The molecule has 7 heteroatoms. The highest BCUT2D eigenvalue weighted by molar-refractivity contribution is 5.88. The van der Waals surface area contributed by atoms with Gasteiger partial charge < -0.3 is 10.4 Å². The predicted octanol–water partition coefficient (Wildman–Crippen LogP) is 1.14. The van der Waals surface area contributed by atoms with Crippen molar-refractivity contribution in [3.05, 3.63) is 41.9 Å². The molecule has 21 heavy (non-hydrogen) atoms. The third-order valence-corrected chi connectivity index (χ3v) is 2.83. The lowest BCUT2D eigenvalue weighted by atomic mass is 10.3. The van der Waals surface area contributed by atoms with Crippen LogP contribution in [0.2, 0.25) is 0 Å². The number of urea groups is 1. The first-order valence-electron chi connectivity index (χ1n) is 6.71. The van der Waals surface area contributed by atoms with Gasteiger partial charge in [-0.2, -0.15) is 5.10 Å². The van der Waals surface area contributed by atoms with Crippen LogP contribution in [0.1, 0.15) is 18.3 Å². The smallest absolute Gasteiger partial charge is 0.320 e. The maximum Gasteiger partial charge on any atom is 0.320 e. The van der Waals surface area contributed by atoms with Crippen molar-refractivity contribution in [1.29, 1.82) is 0 Å². The van der Waals surface area contributed by atoms with Gasteiger partial charge in [-0.15, -0.1) is 0 Å². The molecule has 112 valence electrons. The lowest BCUT2D eigenvalue weighted by molar-refractivity contribution is 0.229. The van der Waals surface area contributed by atoms with Gasteiger partial charge in [0.15, 0.2) is 0 Å². The molecule has 2 aromatic rings. The average Bonchev–Trinajstić information content (AvgIpc) is 2.79. The zero-order valence-electron chi connectivity index (χ0n) is 12.1. The van der Waals surface area contributed by atoms with Gasteiger partial charge in [0.2, 0.25) is 0 Å². The van der Waals surface area contributed by atoms with Crippen LogP contribution in [0, 0.1) is 6.92 Å². The SMILES string of the molecule is Cc1cc(NC(=O)N[C@@H](C)CO)n(Cc2ccccn2)n1. The molecule has 0 spiro atoms. The van der Waals surface area contributed by atoms with E-state index in [2.05, 4.69) is 20.7 Å². The molecule has 0 bridgehead atoms. The molecule has 0 radical (unpaired) electrons. The molecule has 0 saturated carbocycles. The second kappa shape index (κ2) is 6.85. The molecule has 1 atom stereocenters. The predicted molar refractivity (Wildman–Crippen MR) is 79.0 cm³/mol. The van der Waals surface area contributed by atoms with Crippen molar-refractivity contribution in [2.45, 2.75) is 26.4 Å². The Labute approximate surface area is 123 Å². The van der Waals surface area contributed by atoms with Crippen molar-refractivity contribution >= 4 is 11.8 Å². The Kier molecular flexibility index (Phi) is 4.89. The molecular formula is C14H19N5O2. The number of anilines is 1. The van der Waals surface area contributed by atoms with Gasteiger partial charge in [0.05, 0.1) is 30.6 Å². The highest BCUT2D eigenvalue weighted by Crippen LogP contribution is 2.12. The maximum atomic E-state index is 11.8. The molecule has 0 aliphatic carbocycles. The van der Waals surface area contributed by atoms with Crippen molar-refractivity contribution in [2.24, 2.45) is 0 Å². The summed E-state index contributed by atoms with van der Waals surface area (Å²) in [5.41, 5.74) is 1.66. The summed E-state index contributed by atoms with van der Waals surface area (Å²) in [6.45, 7) is 3.93. The fourth-order valence-corrected chi connectivity index (χ4v) is 1.83. The van der Waals surface area contributed by atoms with E-state index in [9.17, 15) is 4.79 Å². The number of pyridine rings is 1. The molecule has 2 amide bonds. The standard InChI is InChI=1S/C14H19N5O2/c1-10-7-13(17-14(21)16-11(2)9-20)19(18-10)8-12-5-3-4-6-15-12/h3-7,11,20H,8-9H2,1-2H3,(H2,16,17,21)/t11-/m0/s1. The van der Waals surface area contributed by atoms with Crippen molar-refractivity contribution in [2.75, 3.05) is 11.9 Å². The highest BCUT2D eigenvalue weighted by Gasteiger charge is 2.11. The number of carbonyl (C=O) groups excluding carboxylic acids is 1. The summed E-state index contributed by atoms with van der Waals surface area (Å²) < 4.78 is 1.68. The Morgan fingerprint density at radius 2 is 2.29 bits per heavy atom. The third kappa shape index (κ3) is 4.28. The minimum Gasteiger partial charge on any atom is -0.394 e. The van der Waals surface area contributed by atoms with E-state index in [1.807, 2.05) is 25.1 Å². The molecule has 2 rings (SSSR count). The molecule has 2 heterocycles. The number of aromatic nitrogens is 3. The number of carbonyl (C=O) groups is 1. The second-order valence-electron chi connectivity index (χ2n) is 4.83. The summed E-state index contributed by atoms with van der Waals surface area (Å²) in [4.78, 5) is 16.0. The molecule has 3 N–H and O–H groups in total. The Morgan fingerprint density at radius 1 is 1.48 bits per heavy atom. The topological polar surface area (TPSA) is 92.1 Å². The summed E-state index contributed by atoms with van der Waals surface area (Å²) >= 11 is 0. The van der Waals surface area contributed by atoms with Crippen LogP contribution in [0.5, 0.6) is 0 Å². The van der Waals surface area contributed by atoms with E-state index in [0.29, 0.717) is 12.4 Å². The number of aliphatic hydroxyl groups excluding tert-OH is 1. The van der Waals surface area contributed by atoms with E-state index in [-0.39, 0.29) is 18.7 Å². The van der Waals surface area contributed by atoms with Crippen LogP contribution < -0.4 is 10.6 Å². The minimum atomic E-state index is -0.376. The van der Waals surface area contributed by atoms with Crippen LogP contribution in [0.3, 0.4) is 0 Å². The van der Waals surface area contributed by atoms with E-state index < -0.39 is 0 Å². The van der Waals surface area contributed by atoms with Gasteiger partial charge in [0.1, 0.15) is 5.82 Å². The molecule has 0 unspecified atom stereocenters. The van der Waals surface area contributed by atoms with Crippen molar-refractivity contribution in [1.82, 2.24) is 20.1 Å². The number of rotatable bonds is 5. The zero-order chi connectivity index (χ0) is 15.2. The van der Waals surface area contributed by atoms with Gasteiger partial charge in [-0.05, 0) is 26.0 Å². The van der Waals surface area contributed by atoms with Crippen molar-refractivity contribution in [3.63, 3.8) is 0 Å². The van der Waals surface area contributed by atoms with Crippen LogP contribution in [0.25, 0.3) is 0 Å².